The van der Waals surface area contributed by atoms with Crippen LogP contribution in [0.4, 0.5) is 0 Å². The summed E-state index contributed by atoms with van der Waals surface area (Å²) < 4.78 is 27.1. The van der Waals surface area contributed by atoms with Gasteiger partial charge < -0.3 is 5.32 Å². The Bertz CT molecular complexity index is 750. The molecule has 1 heterocycles. The number of nitrogens with zero attached hydrogens (tertiary/aromatic N) is 1. The van der Waals surface area contributed by atoms with Crippen LogP contribution >= 0.6 is 0 Å². The lowest BCUT2D eigenvalue weighted by Gasteiger charge is -2.33. The molecular formula is C20H28N2O3S. The second-order valence-electron chi connectivity index (χ2n) is 8.23. The predicted octanol–water partition coefficient (Wildman–Crippen LogP) is 2.53. The van der Waals surface area contributed by atoms with Gasteiger partial charge in [0.05, 0.1) is 11.7 Å². The lowest BCUT2D eigenvalue weighted by Crippen LogP contribution is -2.48. The van der Waals surface area contributed by atoms with Crippen LogP contribution in [0.2, 0.25) is 0 Å². The summed E-state index contributed by atoms with van der Waals surface area (Å²) in [5, 5.41) is 3.24. The number of piperidine rings is 1. The molecule has 26 heavy (non-hydrogen) atoms. The molecule has 6 heteroatoms. The fourth-order valence-electron chi connectivity index (χ4n) is 5.01. The van der Waals surface area contributed by atoms with Gasteiger partial charge >= 0.3 is 0 Å². The highest BCUT2D eigenvalue weighted by molar-refractivity contribution is 7.88. The van der Waals surface area contributed by atoms with Crippen LogP contribution in [-0.4, -0.2) is 37.8 Å². The van der Waals surface area contributed by atoms with E-state index in [1.54, 1.807) is 0 Å². The minimum atomic E-state index is -3.39. The first kappa shape index (κ1) is 18.0. The van der Waals surface area contributed by atoms with Crippen molar-refractivity contribution >= 4 is 15.9 Å². The average Bonchev–Trinajstić information content (AvgIpc) is 3.25. The summed E-state index contributed by atoms with van der Waals surface area (Å²) in [6.45, 7) is 0.842. The van der Waals surface area contributed by atoms with E-state index in [2.05, 4.69) is 5.32 Å². The summed E-state index contributed by atoms with van der Waals surface area (Å²) in [5.74, 6) is 1.29. The number of hydrogen-bond donors (Lipinski definition) is 1. The Morgan fingerprint density at radius 1 is 1.12 bits per heavy atom. The SMILES string of the molecule is O=C(N[C@H]1C[C@@H]2CC[C@@H]1C2)[C@@H]1CCCN(S(=O)(=O)Cc2ccccc2)C1. The number of carbonyl (C=O) groups excluding carboxylic acids is 1. The van der Waals surface area contributed by atoms with Gasteiger partial charge in [0.2, 0.25) is 15.9 Å². The standard InChI is InChI=1S/C20H28N2O3S/c23-20(21-19-12-16-8-9-17(19)11-16)18-7-4-10-22(13-18)26(24,25)14-15-5-2-1-3-6-15/h1-3,5-6,16-19H,4,7-14H2,(H,21,23)/t16-,17-,18-,19+/m1/s1. The van der Waals surface area contributed by atoms with Gasteiger partial charge in [-0.15, -0.1) is 0 Å². The van der Waals surface area contributed by atoms with Crippen LogP contribution in [-0.2, 0) is 20.6 Å². The molecule has 1 aliphatic heterocycles. The maximum absolute atomic E-state index is 12.8. The van der Waals surface area contributed by atoms with E-state index in [0.717, 1.165) is 30.7 Å². The maximum Gasteiger partial charge on any atom is 0.224 e. The number of sulfonamides is 1. The number of carbonyl (C=O) groups is 1. The van der Waals surface area contributed by atoms with Crippen molar-refractivity contribution in [2.24, 2.45) is 17.8 Å². The third-order valence-electron chi connectivity index (χ3n) is 6.41. The van der Waals surface area contributed by atoms with Gasteiger partial charge in [-0.05, 0) is 49.5 Å². The van der Waals surface area contributed by atoms with E-state index >= 15 is 0 Å². The molecule has 3 aliphatic rings. The highest BCUT2D eigenvalue weighted by atomic mass is 32.2. The zero-order valence-corrected chi connectivity index (χ0v) is 16.0. The van der Waals surface area contributed by atoms with Gasteiger partial charge in [0.15, 0.2) is 0 Å². The van der Waals surface area contributed by atoms with Crippen LogP contribution in [0.15, 0.2) is 30.3 Å². The molecule has 1 aromatic carbocycles. The van der Waals surface area contributed by atoms with E-state index in [0.29, 0.717) is 25.0 Å². The monoisotopic (exact) mass is 376 g/mol. The van der Waals surface area contributed by atoms with Gasteiger partial charge in [0.25, 0.3) is 0 Å². The summed E-state index contributed by atoms with van der Waals surface area (Å²) >= 11 is 0. The number of amides is 1. The van der Waals surface area contributed by atoms with E-state index in [4.69, 9.17) is 0 Å². The molecule has 3 fully saturated rings. The van der Waals surface area contributed by atoms with Gasteiger partial charge in [0, 0.05) is 19.1 Å². The number of rotatable bonds is 5. The molecule has 1 amide bonds. The molecule has 4 atom stereocenters. The summed E-state index contributed by atoms with van der Waals surface area (Å²) in [6.07, 6.45) is 6.45. The zero-order valence-electron chi connectivity index (χ0n) is 15.1. The van der Waals surface area contributed by atoms with Crippen LogP contribution < -0.4 is 5.32 Å². The molecule has 4 rings (SSSR count). The minimum absolute atomic E-state index is 0.00849. The molecule has 1 N–H and O–H groups in total. The molecule has 0 unspecified atom stereocenters. The van der Waals surface area contributed by atoms with Gasteiger partial charge in [-0.2, -0.15) is 0 Å². The molecule has 1 aromatic rings. The van der Waals surface area contributed by atoms with E-state index in [9.17, 15) is 13.2 Å². The summed E-state index contributed by atoms with van der Waals surface area (Å²) in [7, 11) is -3.39. The van der Waals surface area contributed by atoms with Gasteiger partial charge in [-0.1, -0.05) is 36.8 Å². The molecule has 142 valence electrons. The van der Waals surface area contributed by atoms with Crippen molar-refractivity contribution < 1.29 is 13.2 Å². The predicted molar refractivity (Wildman–Crippen MR) is 101 cm³/mol. The smallest absolute Gasteiger partial charge is 0.224 e. The lowest BCUT2D eigenvalue weighted by atomic mass is 9.93. The van der Waals surface area contributed by atoms with Gasteiger partial charge in [-0.3, -0.25) is 4.79 Å². The average molecular weight is 377 g/mol. The van der Waals surface area contributed by atoms with Gasteiger partial charge in [-0.25, -0.2) is 12.7 Å². The number of hydrogen-bond acceptors (Lipinski definition) is 3. The topological polar surface area (TPSA) is 66.5 Å². The third-order valence-corrected chi connectivity index (χ3v) is 8.22. The second kappa shape index (κ2) is 7.31. The van der Waals surface area contributed by atoms with Crippen molar-refractivity contribution in [1.82, 2.24) is 9.62 Å². The van der Waals surface area contributed by atoms with Crippen LogP contribution in [0.3, 0.4) is 0 Å². The van der Waals surface area contributed by atoms with Crippen molar-refractivity contribution in [2.75, 3.05) is 13.1 Å². The summed E-state index contributed by atoms with van der Waals surface area (Å²) in [5.41, 5.74) is 0.793. The summed E-state index contributed by atoms with van der Waals surface area (Å²) in [4.78, 5) is 12.7. The molecule has 1 saturated heterocycles. The Kier molecular flexibility index (Phi) is 5.06. The Morgan fingerprint density at radius 3 is 2.62 bits per heavy atom. The lowest BCUT2D eigenvalue weighted by molar-refractivity contribution is -0.127. The second-order valence-corrected chi connectivity index (χ2v) is 10.2. The largest absolute Gasteiger partial charge is 0.353 e. The zero-order chi connectivity index (χ0) is 18.1. The Morgan fingerprint density at radius 2 is 1.92 bits per heavy atom. The third kappa shape index (κ3) is 3.81. The molecule has 0 aromatic heterocycles. The number of benzene rings is 1. The van der Waals surface area contributed by atoms with Crippen LogP contribution in [0.25, 0.3) is 0 Å². The maximum atomic E-state index is 12.8. The fourth-order valence-corrected chi connectivity index (χ4v) is 6.62. The van der Waals surface area contributed by atoms with Crippen molar-refractivity contribution in [2.45, 2.75) is 50.3 Å². The molecule has 2 saturated carbocycles. The van der Waals surface area contributed by atoms with Crippen LogP contribution in [0.1, 0.15) is 44.1 Å². The first-order valence-corrected chi connectivity index (χ1v) is 11.4. The number of fused-ring (bicyclic) bond motifs is 2. The van der Waals surface area contributed by atoms with Crippen molar-refractivity contribution in [3.8, 4) is 0 Å². The molecule has 0 radical (unpaired) electrons. The van der Waals surface area contributed by atoms with Crippen LogP contribution in [0.5, 0.6) is 0 Å². The molecule has 5 nitrogen and oxygen atoms in total. The minimum Gasteiger partial charge on any atom is -0.353 e. The fraction of sp³-hybridized carbons (Fsp3) is 0.650. The van der Waals surface area contributed by atoms with E-state index in [1.807, 2.05) is 30.3 Å². The Hall–Kier alpha value is -1.40. The molecule has 2 aliphatic carbocycles. The van der Waals surface area contributed by atoms with E-state index in [-0.39, 0.29) is 17.6 Å². The summed E-state index contributed by atoms with van der Waals surface area (Å²) in [6, 6.07) is 9.58. The quantitative estimate of drug-likeness (QED) is 0.859. The van der Waals surface area contributed by atoms with Crippen molar-refractivity contribution in [3.05, 3.63) is 35.9 Å². The van der Waals surface area contributed by atoms with Gasteiger partial charge in [0.1, 0.15) is 0 Å². The normalized spacial score (nSPS) is 31.8. The van der Waals surface area contributed by atoms with Crippen LogP contribution in [0, 0.1) is 17.8 Å². The van der Waals surface area contributed by atoms with Crippen molar-refractivity contribution in [3.63, 3.8) is 0 Å². The first-order valence-electron chi connectivity index (χ1n) is 9.83. The molecule has 0 spiro atoms. The van der Waals surface area contributed by atoms with Crippen molar-refractivity contribution in [1.29, 1.82) is 0 Å². The molecule has 2 bridgehead atoms. The number of nitrogens with one attached hydrogen (secondary N) is 1. The van der Waals surface area contributed by atoms with E-state index < -0.39 is 10.0 Å². The first-order chi connectivity index (χ1) is 12.5. The highest BCUT2D eigenvalue weighted by Crippen LogP contribution is 2.44. The highest BCUT2D eigenvalue weighted by Gasteiger charge is 2.41. The Labute approximate surface area is 156 Å². The van der Waals surface area contributed by atoms with E-state index in [1.165, 1.54) is 23.6 Å². The Balaban J connectivity index is 1.36. The molecular weight excluding hydrogens is 348 g/mol.